The highest BCUT2D eigenvalue weighted by atomic mass is 19.4. The molecule has 1 aliphatic rings. The van der Waals surface area contributed by atoms with E-state index in [9.17, 15) is 23.2 Å². The number of hydrogen-bond acceptors (Lipinski definition) is 4. The molecular formula is C20H18F3NO3. The minimum atomic E-state index is -4.16. The van der Waals surface area contributed by atoms with Gasteiger partial charge >= 0.3 is 12.1 Å². The molecule has 2 aromatic rings. The van der Waals surface area contributed by atoms with Crippen LogP contribution in [0.1, 0.15) is 41.6 Å². The van der Waals surface area contributed by atoms with Gasteiger partial charge in [0.05, 0.1) is 24.7 Å². The van der Waals surface area contributed by atoms with Crippen LogP contribution in [0.4, 0.5) is 13.2 Å². The third-order valence-corrected chi connectivity index (χ3v) is 4.95. The van der Waals surface area contributed by atoms with Gasteiger partial charge in [0.1, 0.15) is 17.4 Å². The van der Waals surface area contributed by atoms with E-state index in [1.54, 1.807) is 30.3 Å². The van der Waals surface area contributed by atoms with E-state index < -0.39 is 18.1 Å². The molecule has 0 atom stereocenters. The molecule has 0 amide bonds. The first-order chi connectivity index (χ1) is 12.8. The predicted molar refractivity (Wildman–Crippen MR) is 92.4 cm³/mol. The van der Waals surface area contributed by atoms with E-state index in [-0.39, 0.29) is 18.9 Å². The number of methoxy groups -OCH3 is 1. The lowest BCUT2D eigenvalue weighted by molar-refractivity contribution is -0.185. The van der Waals surface area contributed by atoms with Gasteiger partial charge in [0.2, 0.25) is 0 Å². The van der Waals surface area contributed by atoms with Crippen LogP contribution in [-0.4, -0.2) is 25.4 Å². The molecule has 3 rings (SSSR count). The number of alkyl halides is 3. The van der Waals surface area contributed by atoms with Crippen LogP contribution in [0.25, 0.3) is 10.8 Å². The smallest absolute Gasteiger partial charge is 0.391 e. The summed E-state index contributed by atoms with van der Waals surface area (Å²) < 4.78 is 48.9. The second-order valence-electron chi connectivity index (χ2n) is 6.61. The van der Waals surface area contributed by atoms with Crippen LogP contribution in [0.3, 0.4) is 0 Å². The van der Waals surface area contributed by atoms with Gasteiger partial charge in [-0.3, -0.25) is 0 Å². The zero-order valence-corrected chi connectivity index (χ0v) is 14.7. The van der Waals surface area contributed by atoms with E-state index >= 15 is 0 Å². The minimum absolute atomic E-state index is 0.0339. The maximum Gasteiger partial charge on any atom is 0.391 e. The Hall–Kier alpha value is -2.75. The number of ether oxygens (including phenoxy) is 2. The zero-order valence-electron chi connectivity index (χ0n) is 14.7. The number of hydrogen-bond donors (Lipinski definition) is 0. The van der Waals surface area contributed by atoms with Gasteiger partial charge in [-0.1, -0.05) is 12.1 Å². The average molecular weight is 377 g/mol. The Bertz CT molecular complexity index is 894. The summed E-state index contributed by atoms with van der Waals surface area (Å²) in [4.78, 5) is 11.6. The number of esters is 1. The number of carbonyl (C=O) groups excluding carboxylic acids is 1. The van der Waals surface area contributed by atoms with Gasteiger partial charge in [-0.05, 0) is 49.3 Å². The lowest BCUT2D eigenvalue weighted by Crippen LogP contribution is -2.32. The fraction of sp³-hybridized carbons (Fsp3) is 0.400. The number of benzene rings is 2. The summed E-state index contributed by atoms with van der Waals surface area (Å²) in [5, 5.41) is 10.8. The number of halogens is 3. The molecule has 0 heterocycles. The summed E-state index contributed by atoms with van der Waals surface area (Å²) in [7, 11) is 1.29. The van der Waals surface area contributed by atoms with E-state index in [1.807, 2.05) is 0 Å². The van der Waals surface area contributed by atoms with E-state index in [0.29, 0.717) is 40.5 Å². The second kappa shape index (κ2) is 7.47. The standard InChI is InChI=1S/C20H18F3NO3/c1-26-19(25)13-2-8-16-12(10-13)3-9-18(17(16)11-24)27-15-6-4-14(5-7-15)20(21,22)23/h2-3,8-10,14-15H,4-7H2,1H3. The molecule has 0 saturated heterocycles. The van der Waals surface area contributed by atoms with Gasteiger partial charge in [0, 0.05) is 5.39 Å². The molecule has 1 fully saturated rings. The Kier molecular flexibility index (Phi) is 5.26. The van der Waals surface area contributed by atoms with E-state index in [2.05, 4.69) is 10.8 Å². The van der Waals surface area contributed by atoms with E-state index in [4.69, 9.17) is 4.74 Å². The van der Waals surface area contributed by atoms with E-state index in [1.165, 1.54) is 7.11 Å². The van der Waals surface area contributed by atoms with Crippen molar-refractivity contribution in [3.8, 4) is 11.8 Å². The van der Waals surface area contributed by atoms with Crippen LogP contribution in [-0.2, 0) is 4.74 Å². The fourth-order valence-corrected chi connectivity index (χ4v) is 3.46. The van der Waals surface area contributed by atoms with Crippen molar-refractivity contribution >= 4 is 16.7 Å². The van der Waals surface area contributed by atoms with Crippen molar-refractivity contribution in [1.29, 1.82) is 5.26 Å². The van der Waals surface area contributed by atoms with E-state index in [0.717, 1.165) is 0 Å². The molecule has 1 aliphatic carbocycles. The summed E-state index contributed by atoms with van der Waals surface area (Å²) in [5.74, 6) is -1.40. The van der Waals surface area contributed by atoms with Crippen molar-refractivity contribution < 1.29 is 27.4 Å². The van der Waals surface area contributed by atoms with Crippen molar-refractivity contribution in [2.24, 2.45) is 5.92 Å². The largest absolute Gasteiger partial charge is 0.489 e. The third-order valence-electron chi connectivity index (χ3n) is 4.95. The number of fused-ring (bicyclic) bond motifs is 1. The van der Waals surface area contributed by atoms with Gasteiger partial charge in [-0.2, -0.15) is 18.4 Å². The van der Waals surface area contributed by atoms with Gasteiger partial charge in [0.15, 0.2) is 0 Å². The molecule has 142 valence electrons. The first kappa shape index (κ1) is 19.0. The first-order valence-electron chi connectivity index (χ1n) is 8.62. The molecule has 0 N–H and O–H groups in total. The number of carbonyl (C=O) groups is 1. The van der Waals surface area contributed by atoms with Gasteiger partial charge in [-0.15, -0.1) is 0 Å². The Morgan fingerprint density at radius 2 is 1.85 bits per heavy atom. The molecule has 7 heteroatoms. The molecule has 1 saturated carbocycles. The Morgan fingerprint density at radius 3 is 2.44 bits per heavy atom. The maximum atomic E-state index is 12.8. The topological polar surface area (TPSA) is 59.3 Å². The molecule has 27 heavy (non-hydrogen) atoms. The van der Waals surface area contributed by atoms with Crippen LogP contribution in [0.5, 0.6) is 5.75 Å². The SMILES string of the molecule is COC(=O)c1ccc2c(C#N)c(OC3CCC(C(F)(F)F)CC3)ccc2c1. The molecule has 0 unspecified atom stereocenters. The Morgan fingerprint density at radius 1 is 1.15 bits per heavy atom. The highest BCUT2D eigenvalue weighted by Gasteiger charge is 2.41. The summed E-state index contributed by atoms with van der Waals surface area (Å²) in [5.41, 5.74) is 0.676. The molecule has 0 aliphatic heterocycles. The number of nitriles is 1. The fourth-order valence-electron chi connectivity index (χ4n) is 3.46. The number of rotatable bonds is 3. The van der Waals surface area contributed by atoms with Crippen molar-refractivity contribution in [2.45, 2.75) is 38.0 Å². The summed E-state index contributed by atoms with van der Waals surface area (Å²) in [6.45, 7) is 0. The van der Waals surface area contributed by atoms with Crippen LogP contribution < -0.4 is 4.74 Å². The quantitative estimate of drug-likeness (QED) is 0.707. The lowest BCUT2D eigenvalue weighted by atomic mass is 9.87. The zero-order chi connectivity index (χ0) is 19.6. The molecular weight excluding hydrogens is 359 g/mol. The summed E-state index contributed by atoms with van der Waals surface area (Å²) in [6.07, 6.45) is -3.84. The Balaban J connectivity index is 1.82. The maximum absolute atomic E-state index is 12.8. The van der Waals surface area contributed by atoms with Crippen molar-refractivity contribution in [3.05, 3.63) is 41.5 Å². The van der Waals surface area contributed by atoms with Gasteiger partial charge in [-0.25, -0.2) is 4.79 Å². The van der Waals surface area contributed by atoms with Gasteiger partial charge < -0.3 is 9.47 Å². The van der Waals surface area contributed by atoms with Crippen molar-refractivity contribution in [2.75, 3.05) is 7.11 Å². The minimum Gasteiger partial charge on any atom is -0.489 e. The molecule has 4 nitrogen and oxygen atoms in total. The monoisotopic (exact) mass is 377 g/mol. The third kappa shape index (κ3) is 4.00. The van der Waals surface area contributed by atoms with Gasteiger partial charge in [0.25, 0.3) is 0 Å². The van der Waals surface area contributed by atoms with Crippen molar-refractivity contribution in [3.63, 3.8) is 0 Å². The highest BCUT2D eigenvalue weighted by Crippen LogP contribution is 2.39. The van der Waals surface area contributed by atoms with Crippen LogP contribution in [0.15, 0.2) is 30.3 Å². The Labute approximate surface area is 154 Å². The molecule has 0 spiro atoms. The normalized spacial score (nSPS) is 20.1. The molecule has 2 aromatic carbocycles. The molecule has 0 aromatic heterocycles. The molecule has 0 bridgehead atoms. The highest BCUT2D eigenvalue weighted by molar-refractivity contribution is 5.97. The summed E-state index contributed by atoms with van der Waals surface area (Å²) in [6, 6.07) is 10.3. The van der Waals surface area contributed by atoms with Crippen LogP contribution in [0.2, 0.25) is 0 Å². The van der Waals surface area contributed by atoms with Crippen LogP contribution in [0, 0.1) is 17.2 Å². The molecule has 0 radical (unpaired) electrons. The van der Waals surface area contributed by atoms with Crippen LogP contribution >= 0.6 is 0 Å². The predicted octanol–water partition coefficient (Wildman–Crippen LogP) is 5.00. The lowest BCUT2D eigenvalue weighted by Gasteiger charge is -2.30. The van der Waals surface area contributed by atoms with Crippen molar-refractivity contribution in [1.82, 2.24) is 0 Å². The summed E-state index contributed by atoms with van der Waals surface area (Å²) >= 11 is 0. The first-order valence-corrected chi connectivity index (χ1v) is 8.62. The second-order valence-corrected chi connectivity index (χ2v) is 6.61. The number of nitrogens with zero attached hydrogens (tertiary/aromatic N) is 1. The average Bonchev–Trinajstić information content (AvgIpc) is 2.66.